The number of hydrogen-bond acceptors (Lipinski definition) is 1. The molecule has 0 fully saturated rings. The number of anilines is 3. The second kappa shape index (κ2) is 9.31. The first-order valence-electron chi connectivity index (χ1n) is 13.7. The standard InChI is InChI=1S/C36H40ClN/c1-24-18-27(37)21-29(19-24)38(28-15-16-31-32(22-28)36(7,8)23-35(31,5)6)33-17-14-26(34(2,3)4)20-30(33)25-12-10-9-11-13-25/h9-22H,23H2,1-8H3. The molecule has 0 saturated heterocycles. The van der Waals surface area contributed by atoms with E-state index in [9.17, 15) is 0 Å². The van der Waals surface area contributed by atoms with Gasteiger partial charge in [0, 0.05) is 22.0 Å². The molecule has 0 bridgehead atoms. The molecule has 4 aromatic rings. The van der Waals surface area contributed by atoms with Crippen LogP contribution in [0.2, 0.25) is 5.02 Å². The van der Waals surface area contributed by atoms with E-state index >= 15 is 0 Å². The molecule has 0 spiro atoms. The summed E-state index contributed by atoms with van der Waals surface area (Å²) >= 11 is 6.66. The molecule has 0 saturated carbocycles. The fourth-order valence-corrected chi connectivity index (χ4v) is 6.72. The lowest BCUT2D eigenvalue weighted by atomic mass is 9.82. The van der Waals surface area contributed by atoms with E-state index in [4.69, 9.17) is 11.6 Å². The Morgan fingerprint density at radius 2 is 1.39 bits per heavy atom. The minimum absolute atomic E-state index is 0.0444. The van der Waals surface area contributed by atoms with Crippen molar-refractivity contribution in [2.45, 2.75) is 78.1 Å². The second-order valence-corrected chi connectivity index (χ2v) is 13.8. The Balaban J connectivity index is 1.81. The zero-order chi connectivity index (χ0) is 27.5. The molecule has 0 atom stereocenters. The van der Waals surface area contributed by atoms with E-state index in [1.165, 1.54) is 27.8 Å². The van der Waals surface area contributed by atoms with E-state index in [0.29, 0.717) is 0 Å². The zero-order valence-electron chi connectivity index (χ0n) is 24.1. The Labute approximate surface area is 234 Å². The maximum atomic E-state index is 6.66. The highest BCUT2D eigenvalue weighted by Crippen LogP contribution is 2.52. The molecule has 5 rings (SSSR count). The average Bonchev–Trinajstić information content (AvgIpc) is 3.02. The molecule has 0 unspecified atom stereocenters. The van der Waals surface area contributed by atoms with Gasteiger partial charge in [0.2, 0.25) is 0 Å². The highest BCUT2D eigenvalue weighted by molar-refractivity contribution is 6.31. The van der Waals surface area contributed by atoms with E-state index in [2.05, 4.69) is 139 Å². The topological polar surface area (TPSA) is 3.24 Å². The van der Waals surface area contributed by atoms with Crippen molar-refractivity contribution in [3.8, 4) is 11.1 Å². The van der Waals surface area contributed by atoms with Crippen molar-refractivity contribution >= 4 is 28.7 Å². The van der Waals surface area contributed by atoms with Gasteiger partial charge in [0.05, 0.1) is 5.69 Å². The molecule has 38 heavy (non-hydrogen) atoms. The maximum Gasteiger partial charge on any atom is 0.0540 e. The van der Waals surface area contributed by atoms with Crippen LogP contribution in [-0.4, -0.2) is 0 Å². The summed E-state index contributed by atoms with van der Waals surface area (Å²) in [5.74, 6) is 0. The molecule has 0 amide bonds. The van der Waals surface area contributed by atoms with Crippen molar-refractivity contribution in [1.82, 2.24) is 0 Å². The van der Waals surface area contributed by atoms with Crippen molar-refractivity contribution in [3.05, 3.63) is 112 Å². The van der Waals surface area contributed by atoms with Crippen LogP contribution in [0.25, 0.3) is 11.1 Å². The first kappa shape index (κ1) is 26.6. The summed E-state index contributed by atoms with van der Waals surface area (Å²) in [5.41, 5.74) is 11.5. The van der Waals surface area contributed by atoms with Crippen molar-refractivity contribution < 1.29 is 0 Å². The van der Waals surface area contributed by atoms with Crippen molar-refractivity contribution in [2.75, 3.05) is 4.90 Å². The number of nitrogens with zero attached hydrogens (tertiary/aromatic N) is 1. The highest BCUT2D eigenvalue weighted by atomic mass is 35.5. The van der Waals surface area contributed by atoms with Gasteiger partial charge in [-0.15, -0.1) is 0 Å². The van der Waals surface area contributed by atoms with Gasteiger partial charge in [0.15, 0.2) is 0 Å². The van der Waals surface area contributed by atoms with E-state index in [1.807, 2.05) is 6.07 Å². The third-order valence-corrected chi connectivity index (χ3v) is 8.30. The Morgan fingerprint density at radius 3 is 2.05 bits per heavy atom. The van der Waals surface area contributed by atoms with Crippen LogP contribution in [0.3, 0.4) is 0 Å². The molecule has 0 aliphatic heterocycles. The van der Waals surface area contributed by atoms with Crippen LogP contribution in [0.4, 0.5) is 17.1 Å². The molecular formula is C36H40ClN. The number of aryl methyl sites for hydroxylation is 1. The molecule has 4 aromatic carbocycles. The van der Waals surface area contributed by atoms with Crippen molar-refractivity contribution in [2.24, 2.45) is 0 Å². The summed E-state index contributed by atoms with van der Waals surface area (Å²) in [7, 11) is 0. The second-order valence-electron chi connectivity index (χ2n) is 13.3. The maximum absolute atomic E-state index is 6.66. The SMILES string of the molecule is Cc1cc(Cl)cc(N(c2ccc3c(c2)C(C)(C)CC3(C)C)c2ccc(C(C)(C)C)cc2-c2ccccc2)c1. The largest absolute Gasteiger partial charge is 0.310 e. The molecule has 0 radical (unpaired) electrons. The van der Waals surface area contributed by atoms with Crippen LogP contribution in [0, 0.1) is 6.92 Å². The molecule has 1 aliphatic carbocycles. The molecular weight excluding hydrogens is 482 g/mol. The van der Waals surface area contributed by atoms with Gasteiger partial charge in [0.25, 0.3) is 0 Å². The fourth-order valence-electron chi connectivity index (χ4n) is 6.44. The first-order valence-corrected chi connectivity index (χ1v) is 14.1. The van der Waals surface area contributed by atoms with Gasteiger partial charge in [-0.2, -0.15) is 0 Å². The van der Waals surface area contributed by atoms with E-state index in [1.54, 1.807) is 0 Å². The molecule has 196 valence electrons. The van der Waals surface area contributed by atoms with Gasteiger partial charge in [-0.05, 0) is 99.9 Å². The Kier molecular flexibility index (Phi) is 6.51. The monoisotopic (exact) mass is 521 g/mol. The Bertz CT molecular complexity index is 1470. The number of benzene rings is 4. The van der Waals surface area contributed by atoms with Crippen LogP contribution >= 0.6 is 11.6 Å². The van der Waals surface area contributed by atoms with Gasteiger partial charge in [-0.25, -0.2) is 0 Å². The van der Waals surface area contributed by atoms with Gasteiger partial charge < -0.3 is 4.90 Å². The smallest absolute Gasteiger partial charge is 0.0540 e. The van der Waals surface area contributed by atoms with Crippen LogP contribution in [-0.2, 0) is 16.2 Å². The molecule has 2 heteroatoms. The zero-order valence-corrected chi connectivity index (χ0v) is 24.9. The Hall–Kier alpha value is -3.03. The van der Waals surface area contributed by atoms with Crippen LogP contribution in [0.1, 0.15) is 77.1 Å². The van der Waals surface area contributed by atoms with Crippen molar-refractivity contribution in [3.63, 3.8) is 0 Å². The first-order chi connectivity index (χ1) is 17.8. The van der Waals surface area contributed by atoms with Crippen molar-refractivity contribution in [1.29, 1.82) is 0 Å². The number of hydrogen-bond donors (Lipinski definition) is 0. The van der Waals surface area contributed by atoms with Crippen LogP contribution < -0.4 is 4.90 Å². The molecule has 0 N–H and O–H groups in total. The lowest BCUT2D eigenvalue weighted by Gasteiger charge is -2.31. The third-order valence-electron chi connectivity index (χ3n) is 8.08. The molecule has 0 heterocycles. The summed E-state index contributed by atoms with van der Waals surface area (Å²) in [6.07, 6.45) is 1.14. The quantitative estimate of drug-likeness (QED) is 0.258. The summed E-state index contributed by atoms with van der Waals surface area (Å²) in [5, 5.41) is 0.750. The minimum atomic E-state index is 0.0444. The summed E-state index contributed by atoms with van der Waals surface area (Å²) in [6, 6.07) is 31.1. The number of halogens is 1. The van der Waals surface area contributed by atoms with E-state index in [-0.39, 0.29) is 16.2 Å². The Morgan fingerprint density at radius 1 is 0.711 bits per heavy atom. The van der Waals surface area contributed by atoms with E-state index < -0.39 is 0 Å². The normalized spacial score (nSPS) is 15.8. The van der Waals surface area contributed by atoms with Gasteiger partial charge in [-0.3, -0.25) is 0 Å². The third kappa shape index (κ3) is 4.90. The van der Waals surface area contributed by atoms with Gasteiger partial charge >= 0.3 is 0 Å². The van der Waals surface area contributed by atoms with Gasteiger partial charge in [0.1, 0.15) is 0 Å². The minimum Gasteiger partial charge on any atom is -0.310 e. The predicted octanol–water partition coefficient (Wildman–Crippen LogP) is 11.0. The number of fused-ring (bicyclic) bond motifs is 1. The number of rotatable bonds is 4. The highest BCUT2D eigenvalue weighted by Gasteiger charge is 2.42. The fraction of sp³-hybridized carbons (Fsp3) is 0.333. The van der Waals surface area contributed by atoms with E-state index in [0.717, 1.165) is 34.1 Å². The lowest BCUT2D eigenvalue weighted by Crippen LogP contribution is -2.18. The summed E-state index contributed by atoms with van der Waals surface area (Å²) in [6.45, 7) is 18.5. The average molecular weight is 522 g/mol. The van der Waals surface area contributed by atoms with Gasteiger partial charge in [-0.1, -0.05) is 103 Å². The lowest BCUT2D eigenvalue weighted by molar-refractivity contribution is 0.403. The molecule has 1 aliphatic rings. The van der Waals surface area contributed by atoms with Crippen LogP contribution in [0.5, 0.6) is 0 Å². The predicted molar refractivity (Wildman–Crippen MR) is 166 cm³/mol. The molecule has 0 aromatic heterocycles. The summed E-state index contributed by atoms with van der Waals surface area (Å²) < 4.78 is 0. The summed E-state index contributed by atoms with van der Waals surface area (Å²) in [4.78, 5) is 2.40. The molecule has 1 nitrogen and oxygen atoms in total. The van der Waals surface area contributed by atoms with Crippen LogP contribution in [0.15, 0.2) is 84.9 Å².